The SMILES string of the molecule is CC12CC3CC(C)(C1)CC(C1CNCC1C(=O)O)(C3)C2. The third kappa shape index (κ3) is 1.71. The molecule has 3 heteroatoms. The Labute approximate surface area is 121 Å². The lowest BCUT2D eigenvalue weighted by Crippen LogP contribution is -2.58. The van der Waals surface area contributed by atoms with E-state index in [2.05, 4.69) is 19.2 Å². The van der Waals surface area contributed by atoms with Gasteiger partial charge in [0.05, 0.1) is 5.92 Å². The number of carboxylic acids is 1. The minimum absolute atomic E-state index is 0.154. The van der Waals surface area contributed by atoms with Gasteiger partial charge in [0.1, 0.15) is 0 Å². The van der Waals surface area contributed by atoms with Crippen molar-refractivity contribution in [2.75, 3.05) is 13.1 Å². The van der Waals surface area contributed by atoms with E-state index < -0.39 is 5.97 Å². The van der Waals surface area contributed by atoms with Crippen molar-refractivity contribution in [3.05, 3.63) is 0 Å². The van der Waals surface area contributed by atoms with Crippen LogP contribution in [-0.4, -0.2) is 24.2 Å². The second kappa shape index (κ2) is 3.79. The van der Waals surface area contributed by atoms with Crippen LogP contribution in [0.1, 0.15) is 52.4 Å². The molecule has 112 valence electrons. The highest BCUT2D eigenvalue weighted by Crippen LogP contribution is 2.72. The van der Waals surface area contributed by atoms with Crippen LogP contribution in [0.4, 0.5) is 0 Å². The van der Waals surface area contributed by atoms with E-state index in [0.717, 1.165) is 12.5 Å². The van der Waals surface area contributed by atoms with E-state index in [1.54, 1.807) is 0 Å². The highest BCUT2D eigenvalue weighted by molar-refractivity contribution is 5.71. The van der Waals surface area contributed by atoms with Gasteiger partial charge in [-0.2, -0.15) is 0 Å². The van der Waals surface area contributed by atoms with Gasteiger partial charge in [-0.15, -0.1) is 0 Å². The minimum Gasteiger partial charge on any atom is -0.481 e. The van der Waals surface area contributed by atoms with Crippen molar-refractivity contribution >= 4 is 5.97 Å². The lowest BCUT2D eigenvalue weighted by Gasteiger charge is -2.67. The van der Waals surface area contributed by atoms with Crippen LogP contribution in [0.5, 0.6) is 0 Å². The molecule has 0 aromatic rings. The molecule has 3 nitrogen and oxygen atoms in total. The minimum atomic E-state index is -0.578. The second-order valence-electron chi connectivity index (χ2n) is 9.20. The summed E-state index contributed by atoms with van der Waals surface area (Å²) in [4.78, 5) is 11.6. The Morgan fingerprint density at radius 2 is 1.70 bits per heavy atom. The summed E-state index contributed by atoms with van der Waals surface area (Å²) < 4.78 is 0. The van der Waals surface area contributed by atoms with Crippen molar-refractivity contribution in [2.45, 2.75) is 52.4 Å². The number of carbonyl (C=O) groups is 1. The lowest BCUT2D eigenvalue weighted by atomic mass is 9.38. The molecule has 0 radical (unpaired) electrons. The Hall–Kier alpha value is -0.570. The van der Waals surface area contributed by atoms with E-state index in [1.165, 1.54) is 38.5 Å². The first kappa shape index (κ1) is 13.1. The summed E-state index contributed by atoms with van der Waals surface area (Å²) in [6.45, 7) is 6.56. The number of hydrogen-bond acceptors (Lipinski definition) is 2. The average molecular weight is 277 g/mol. The predicted molar refractivity (Wildman–Crippen MR) is 77.3 cm³/mol. The van der Waals surface area contributed by atoms with Gasteiger partial charge in [0.2, 0.25) is 0 Å². The van der Waals surface area contributed by atoms with Crippen LogP contribution in [0.15, 0.2) is 0 Å². The zero-order valence-electron chi connectivity index (χ0n) is 12.7. The van der Waals surface area contributed by atoms with E-state index in [-0.39, 0.29) is 5.92 Å². The van der Waals surface area contributed by atoms with Gasteiger partial charge >= 0.3 is 5.97 Å². The van der Waals surface area contributed by atoms with Gasteiger partial charge < -0.3 is 10.4 Å². The van der Waals surface area contributed by atoms with Crippen molar-refractivity contribution < 1.29 is 9.90 Å². The summed E-state index contributed by atoms with van der Waals surface area (Å²) in [5.74, 6) is 0.489. The zero-order chi connectivity index (χ0) is 14.2. The molecule has 1 heterocycles. The summed E-state index contributed by atoms with van der Waals surface area (Å²) in [5.41, 5.74) is 1.29. The lowest BCUT2D eigenvalue weighted by molar-refractivity contribution is -0.177. The molecule has 5 rings (SSSR count). The Bertz CT molecular complexity index is 442. The third-order valence-electron chi connectivity index (χ3n) is 6.99. The molecule has 0 spiro atoms. The largest absolute Gasteiger partial charge is 0.481 e. The molecular formula is C17H27NO2. The average Bonchev–Trinajstić information content (AvgIpc) is 2.72. The van der Waals surface area contributed by atoms with Gasteiger partial charge in [0.25, 0.3) is 0 Å². The molecule has 1 saturated heterocycles. The maximum absolute atomic E-state index is 11.6. The highest BCUT2D eigenvalue weighted by Gasteiger charge is 2.63. The van der Waals surface area contributed by atoms with E-state index in [9.17, 15) is 9.90 Å². The molecule has 20 heavy (non-hydrogen) atoms. The second-order valence-corrected chi connectivity index (χ2v) is 9.20. The smallest absolute Gasteiger partial charge is 0.308 e. The van der Waals surface area contributed by atoms with Crippen molar-refractivity contribution in [1.29, 1.82) is 0 Å². The molecule has 4 saturated carbocycles. The molecular weight excluding hydrogens is 250 g/mol. The van der Waals surface area contributed by atoms with E-state index >= 15 is 0 Å². The summed E-state index contributed by atoms with van der Waals surface area (Å²) in [5, 5.41) is 12.9. The first-order valence-corrected chi connectivity index (χ1v) is 8.27. The molecule has 5 aliphatic rings. The molecule has 4 aliphatic carbocycles. The molecule has 0 amide bonds. The molecule has 0 aromatic heterocycles. The van der Waals surface area contributed by atoms with Crippen molar-refractivity contribution in [3.8, 4) is 0 Å². The van der Waals surface area contributed by atoms with Crippen molar-refractivity contribution in [3.63, 3.8) is 0 Å². The summed E-state index contributed by atoms with van der Waals surface area (Å²) >= 11 is 0. The van der Waals surface area contributed by atoms with Crippen LogP contribution in [0.2, 0.25) is 0 Å². The van der Waals surface area contributed by atoms with Gasteiger partial charge in [-0.05, 0) is 73.2 Å². The van der Waals surface area contributed by atoms with Crippen LogP contribution in [0, 0.1) is 34.0 Å². The number of rotatable bonds is 2. The van der Waals surface area contributed by atoms with Gasteiger partial charge in [-0.1, -0.05) is 13.8 Å². The maximum atomic E-state index is 11.6. The fraction of sp³-hybridized carbons (Fsp3) is 0.941. The standard InChI is InChI=1S/C17H27NO2/c1-15-3-11-4-16(2,8-15)10-17(5-11,9-15)13-7-18-6-12(13)14(19)20/h11-13,18H,3-10H2,1-2H3,(H,19,20). The normalized spacial score (nSPS) is 57.2. The first-order chi connectivity index (χ1) is 9.33. The summed E-state index contributed by atoms with van der Waals surface area (Å²) in [7, 11) is 0. The van der Waals surface area contributed by atoms with Crippen molar-refractivity contribution in [1.82, 2.24) is 5.32 Å². The zero-order valence-corrected chi connectivity index (χ0v) is 12.7. The van der Waals surface area contributed by atoms with Gasteiger partial charge in [-0.3, -0.25) is 4.79 Å². The van der Waals surface area contributed by atoms with Gasteiger partial charge in [0, 0.05) is 6.54 Å². The molecule has 2 N–H and O–H groups in total. The summed E-state index contributed by atoms with van der Waals surface area (Å²) in [6.07, 6.45) is 8.01. The van der Waals surface area contributed by atoms with E-state index in [1.807, 2.05) is 0 Å². The molecule has 4 unspecified atom stereocenters. The van der Waals surface area contributed by atoms with Gasteiger partial charge in [0.15, 0.2) is 0 Å². The Kier molecular flexibility index (Phi) is 2.49. The monoisotopic (exact) mass is 277 g/mol. The van der Waals surface area contributed by atoms with Crippen LogP contribution in [0.25, 0.3) is 0 Å². The van der Waals surface area contributed by atoms with E-state index in [4.69, 9.17) is 0 Å². The van der Waals surface area contributed by atoms with Crippen LogP contribution in [-0.2, 0) is 4.79 Å². The number of carboxylic acid groups (broad SMARTS) is 1. The van der Waals surface area contributed by atoms with Crippen LogP contribution in [0.3, 0.4) is 0 Å². The van der Waals surface area contributed by atoms with E-state index in [0.29, 0.717) is 28.7 Å². The fourth-order valence-electron chi connectivity index (χ4n) is 7.53. The number of nitrogens with one attached hydrogen (secondary N) is 1. The van der Waals surface area contributed by atoms with Crippen LogP contribution < -0.4 is 5.32 Å². The summed E-state index contributed by atoms with van der Waals surface area (Å²) in [6, 6.07) is 0. The third-order valence-corrected chi connectivity index (χ3v) is 6.99. The number of hydrogen-bond donors (Lipinski definition) is 2. The van der Waals surface area contributed by atoms with Gasteiger partial charge in [-0.25, -0.2) is 0 Å². The topological polar surface area (TPSA) is 49.3 Å². The molecule has 4 atom stereocenters. The predicted octanol–water partition coefficient (Wildman–Crippen LogP) is 2.90. The quantitative estimate of drug-likeness (QED) is 0.816. The Morgan fingerprint density at radius 3 is 2.25 bits per heavy atom. The highest BCUT2D eigenvalue weighted by atomic mass is 16.4. The molecule has 5 fully saturated rings. The Morgan fingerprint density at radius 1 is 1.05 bits per heavy atom. The van der Waals surface area contributed by atoms with Crippen molar-refractivity contribution in [2.24, 2.45) is 34.0 Å². The van der Waals surface area contributed by atoms with Crippen LogP contribution >= 0.6 is 0 Å². The Balaban J connectivity index is 1.72. The fourth-order valence-corrected chi connectivity index (χ4v) is 7.53. The maximum Gasteiger partial charge on any atom is 0.308 e. The molecule has 0 aromatic carbocycles. The molecule has 4 bridgehead atoms. The molecule has 1 aliphatic heterocycles. The first-order valence-electron chi connectivity index (χ1n) is 8.27. The number of aliphatic carboxylic acids is 1.